The minimum absolute atomic E-state index is 0.743. The van der Waals surface area contributed by atoms with Gasteiger partial charge in [0.25, 0.3) is 0 Å². The maximum absolute atomic E-state index is 5.75. The summed E-state index contributed by atoms with van der Waals surface area (Å²) in [5.74, 6) is 0. The molecule has 0 atom stereocenters. The van der Waals surface area contributed by atoms with Crippen LogP contribution in [0.2, 0.25) is 0 Å². The van der Waals surface area contributed by atoms with Crippen molar-refractivity contribution in [3.63, 3.8) is 0 Å². The van der Waals surface area contributed by atoms with Gasteiger partial charge in [0.05, 0.1) is 0 Å². The van der Waals surface area contributed by atoms with Crippen LogP contribution in [0.1, 0.15) is 97.8 Å². The van der Waals surface area contributed by atoms with E-state index in [9.17, 15) is 0 Å². The molecule has 128 valence electrons. The Bertz CT molecular complexity index is 190. The zero-order valence-corrected chi connectivity index (χ0v) is 15.2. The Hall–Kier alpha value is -0.0800. The third kappa shape index (κ3) is 12.2. The quantitative estimate of drug-likeness (QED) is 0.389. The van der Waals surface area contributed by atoms with Gasteiger partial charge in [0, 0.05) is 19.1 Å². The highest BCUT2D eigenvalue weighted by molar-refractivity contribution is 4.69. The Morgan fingerprint density at radius 2 is 1.14 bits per heavy atom. The summed E-state index contributed by atoms with van der Waals surface area (Å²) in [4.78, 5) is 2.62. The monoisotopic (exact) mass is 298 g/mol. The molecular weight excluding hydrogens is 256 g/mol. The van der Waals surface area contributed by atoms with Crippen LogP contribution in [-0.2, 0) is 0 Å². The number of hydrogen-bond donors (Lipinski definition) is 1. The van der Waals surface area contributed by atoms with Gasteiger partial charge in [-0.25, -0.2) is 0 Å². The normalized spacial score (nSPS) is 11.7. The molecule has 0 rings (SSSR count). The van der Waals surface area contributed by atoms with Crippen molar-refractivity contribution in [1.82, 2.24) is 4.90 Å². The third-order valence-corrected chi connectivity index (χ3v) is 4.67. The zero-order valence-electron chi connectivity index (χ0n) is 15.2. The van der Waals surface area contributed by atoms with Gasteiger partial charge >= 0.3 is 0 Å². The highest BCUT2D eigenvalue weighted by Gasteiger charge is 2.13. The standard InChI is InChI=1S/C19H42N2/c1-4-7-8-9-10-11-12-13-14-15-17-21(18-16-20)19(5-2)6-3/h19H,4-18,20H2,1-3H3. The fourth-order valence-electron chi connectivity index (χ4n) is 3.25. The molecule has 21 heavy (non-hydrogen) atoms. The van der Waals surface area contributed by atoms with Gasteiger partial charge < -0.3 is 5.73 Å². The first kappa shape index (κ1) is 20.9. The minimum atomic E-state index is 0.743. The van der Waals surface area contributed by atoms with Crippen LogP contribution in [0.25, 0.3) is 0 Å². The van der Waals surface area contributed by atoms with Crippen LogP contribution >= 0.6 is 0 Å². The molecule has 0 aromatic carbocycles. The molecule has 2 heteroatoms. The highest BCUT2D eigenvalue weighted by Crippen LogP contribution is 2.13. The molecule has 0 aliphatic rings. The number of nitrogens with zero attached hydrogens (tertiary/aromatic N) is 1. The van der Waals surface area contributed by atoms with Crippen molar-refractivity contribution in [1.29, 1.82) is 0 Å². The fourth-order valence-corrected chi connectivity index (χ4v) is 3.25. The van der Waals surface area contributed by atoms with Crippen molar-refractivity contribution in [3.8, 4) is 0 Å². The smallest absolute Gasteiger partial charge is 0.0108 e. The molecule has 0 aromatic rings. The van der Waals surface area contributed by atoms with E-state index in [1.807, 2.05) is 0 Å². The maximum atomic E-state index is 5.75. The number of hydrogen-bond acceptors (Lipinski definition) is 2. The molecule has 0 bridgehead atoms. The largest absolute Gasteiger partial charge is 0.329 e. The van der Waals surface area contributed by atoms with Crippen molar-refractivity contribution in [2.24, 2.45) is 5.73 Å². The van der Waals surface area contributed by atoms with Crippen molar-refractivity contribution < 1.29 is 0 Å². The van der Waals surface area contributed by atoms with Crippen molar-refractivity contribution in [2.45, 2.75) is 104 Å². The van der Waals surface area contributed by atoms with E-state index < -0.39 is 0 Å². The van der Waals surface area contributed by atoms with Gasteiger partial charge in [0.2, 0.25) is 0 Å². The molecule has 0 aliphatic carbocycles. The van der Waals surface area contributed by atoms with E-state index in [-0.39, 0.29) is 0 Å². The van der Waals surface area contributed by atoms with Gasteiger partial charge in [0.15, 0.2) is 0 Å². The number of unbranched alkanes of at least 4 members (excludes halogenated alkanes) is 9. The van der Waals surface area contributed by atoms with Crippen LogP contribution in [0.5, 0.6) is 0 Å². The lowest BCUT2D eigenvalue weighted by molar-refractivity contribution is 0.187. The van der Waals surface area contributed by atoms with Crippen molar-refractivity contribution in [3.05, 3.63) is 0 Å². The van der Waals surface area contributed by atoms with E-state index in [0.29, 0.717) is 0 Å². The predicted octanol–water partition coefficient (Wildman–Crippen LogP) is 5.36. The molecule has 2 nitrogen and oxygen atoms in total. The molecule has 0 spiro atoms. The van der Waals surface area contributed by atoms with E-state index in [2.05, 4.69) is 25.7 Å². The molecule has 0 saturated heterocycles. The van der Waals surface area contributed by atoms with Gasteiger partial charge in [0.1, 0.15) is 0 Å². The van der Waals surface area contributed by atoms with E-state index in [4.69, 9.17) is 5.73 Å². The van der Waals surface area contributed by atoms with Crippen LogP contribution < -0.4 is 5.73 Å². The Labute approximate surface area is 134 Å². The molecule has 0 fully saturated rings. The summed E-state index contributed by atoms with van der Waals surface area (Å²) < 4.78 is 0. The van der Waals surface area contributed by atoms with Crippen molar-refractivity contribution >= 4 is 0 Å². The Balaban J connectivity index is 3.49. The maximum Gasteiger partial charge on any atom is 0.0108 e. The van der Waals surface area contributed by atoms with E-state index in [1.54, 1.807) is 0 Å². The third-order valence-electron chi connectivity index (χ3n) is 4.67. The molecule has 0 aromatic heterocycles. The van der Waals surface area contributed by atoms with Gasteiger partial charge in [-0.05, 0) is 25.8 Å². The summed E-state index contributed by atoms with van der Waals surface area (Å²) in [5.41, 5.74) is 5.75. The summed E-state index contributed by atoms with van der Waals surface area (Å²) >= 11 is 0. The van der Waals surface area contributed by atoms with Crippen LogP contribution in [0.15, 0.2) is 0 Å². The molecule has 0 heterocycles. The summed E-state index contributed by atoms with van der Waals surface area (Å²) in [6, 6.07) is 0.743. The molecule has 0 unspecified atom stereocenters. The Kier molecular flexibility index (Phi) is 16.2. The number of rotatable bonds is 16. The average molecular weight is 299 g/mol. The summed E-state index contributed by atoms with van der Waals surface area (Å²) in [7, 11) is 0. The summed E-state index contributed by atoms with van der Waals surface area (Å²) in [6.07, 6.45) is 16.7. The minimum Gasteiger partial charge on any atom is -0.329 e. The Morgan fingerprint density at radius 3 is 1.57 bits per heavy atom. The second kappa shape index (κ2) is 16.3. The van der Waals surface area contributed by atoms with Gasteiger partial charge in [-0.15, -0.1) is 0 Å². The predicted molar refractivity (Wildman–Crippen MR) is 96.8 cm³/mol. The molecule has 0 amide bonds. The van der Waals surface area contributed by atoms with E-state index in [1.165, 1.54) is 83.6 Å². The number of nitrogens with two attached hydrogens (primary N) is 1. The van der Waals surface area contributed by atoms with Crippen LogP contribution in [-0.4, -0.2) is 30.6 Å². The van der Waals surface area contributed by atoms with Gasteiger partial charge in [-0.1, -0.05) is 78.6 Å². The second-order valence-corrected chi connectivity index (χ2v) is 6.48. The topological polar surface area (TPSA) is 29.3 Å². The lowest BCUT2D eigenvalue weighted by atomic mass is 10.1. The molecule has 0 radical (unpaired) electrons. The highest BCUT2D eigenvalue weighted by atomic mass is 15.2. The van der Waals surface area contributed by atoms with Crippen LogP contribution in [0, 0.1) is 0 Å². The average Bonchev–Trinajstić information content (AvgIpc) is 2.50. The van der Waals surface area contributed by atoms with E-state index in [0.717, 1.165) is 19.1 Å². The molecule has 0 saturated carbocycles. The summed E-state index contributed by atoms with van der Waals surface area (Å²) in [5, 5.41) is 0. The van der Waals surface area contributed by atoms with E-state index >= 15 is 0 Å². The first-order valence-electron chi connectivity index (χ1n) is 9.74. The van der Waals surface area contributed by atoms with Crippen LogP contribution in [0.3, 0.4) is 0 Å². The first-order valence-corrected chi connectivity index (χ1v) is 9.74. The SMILES string of the molecule is CCCCCCCCCCCCN(CCN)C(CC)CC. The molecular formula is C19H42N2. The first-order chi connectivity index (χ1) is 10.3. The molecule has 0 aliphatic heterocycles. The zero-order chi connectivity index (χ0) is 15.8. The molecule has 2 N–H and O–H groups in total. The summed E-state index contributed by atoms with van der Waals surface area (Å²) in [6.45, 7) is 10.0. The van der Waals surface area contributed by atoms with Gasteiger partial charge in [-0.3, -0.25) is 4.90 Å². The fraction of sp³-hybridized carbons (Fsp3) is 1.00. The van der Waals surface area contributed by atoms with Crippen LogP contribution in [0.4, 0.5) is 0 Å². The Morgan fingerprint density at radius 1 is 0.667 bits per heavy atom. The lowest BCUT2D eigenvalue weighted by Crippen LogP contribution is -2.38. The second-order valence-electron chi connectivity index (χ2n) is 6.48. The van der Waals surface area contributed by atoms with Gasteiger partial charge in [-0.2, -0.15) is 0 Å². The lowest BCUT2D eigenvalue weighted by Gasteiger charge is -2.30. The van der Waals surface area contributed by atoms with Crippen molar-refractivity contribution in [2.75, 3.05) is 19.6 Å².